The Morgan fingerprint density at radius 2 is 2.20 bits per heavy atom. The first kappa shape index (κ1) is 10.6. The van der Waals surface area contributed by atoms with Gasteiger partial charge in [-0.1, -0.05) is 0 Å². The average molecular weight is 205 g/mol. The van der Waals surface area contributed by atoms with E-state index in [0.717, 1.165) is 6.54 Å². The highest BCUT2D eigenvalue weighted by Crippen LogP contribution is 2.33. The van der Waals surface area contributed by atoms with Crippen LogP contribution in [0.5, 0.6) is 0 Å². The molecular weight excluding hydrogens is 186 g/mol. The molecule has 0 bridgehead atoms. The van der Waals surface area contributed by atoms with Crippen LogP contribution in [-0.4, -0.2) is 30.0 Å². The average Bonchev–Trinajstić information content (AvgIpc) is 2.29. The summed E-state index contributed by atoms with van der Waals surface area (Å²) in [4.78, 5) is 6.48. The van der Waals surface area contributed by atoms with Crippen LogP contribution in [-0.2, 0) is 0 Å². The van der Waals surface area contributed by atoms with Crippen molar-refractivity contribution < 1.29 is 0 Å². The van der Waals surface area contributed by atoms with E-state index in [-0.39, 0.29) is 0 Å². The first-order valence-electron chi connectivity index (χ1n) is 5.63. The van der Waals surface area contributed by atoms with Gasteiger partial charge in [0.15, 0.2) is 0 Å². The molecule has 1 aliphatic rings. The Kier molecular flexibility index (Phi) is 3.34. The number of hydrogen-bond donors (Lipinski definition) is 1. The number of hydrogen-bond acceptors (Lipinski definition) is 3. The molecule has 82 valence electrons. The summed E-state index contributed by atoms with van der Waals surface area (Å²) in [6.45, 7) is 1.95. The van der Waals surface area contributed by atoms with Crippen LogP contribution < -0.4 is 5.73 Å². The molecule has 2 atom stereocenters. The van der Waals surface area contributed by atoms with E-state index in [1.807, 2.05) is 12.4 Å². The van der Waals surface area contributed by atoms with Crippen molar-refractivity contribution in [3.05, 3.63) is 30.1 Å². The SMILES string of the molecule is CN1CCC[C@H](CN)[C@H]1c1ccncc1. The van der Waals surface area contributed by atoms with E-state index in [0.29, 0.717) is 12.0 Å². The largest absolute Gasteiger partial charge is 0.330 e. The number of nitrogens with zero attached hydrogens (tertiary/aromatic N) is 2. The topological polar surface area (TPSA) is 42.1 Å². The summed E-state index contributed by atoms with van der Waals surface area (Å²) in [5, 5.41) is 0. The third-order valence-corrected chi connectivity index (χ3v) is 3.36. The van der Waals surface area contributed by atoms with Crippen molar-refractivity contribution in [1.29, 1.82) is 0 Å². The van der Waals surface area contributed by atoms with Crippen molar-refractivity contribution in [2.45, 2.75) is 18.9 Å². The Hall–Kier alpha value is -0.930. The molecule has 1 aromatic rings. The molecule has 0 amide bonds. The molecular formula is C12H19N3. The molecule has 2 N–H and O–H groups in total. The second kappa shape index (κ2) is 4.73. The first-order valence-corrected chi connectivity index (χ1v) is 5.63. The van der Waals surface area contributed by atoms with Crippen molar-refractivity contribution in [2.75, 3.05) is 20.1 Å². The van der Waals surface area contributed by atoms with E-state index < -0.39 is 0 Å². The Balaban J connectivity index is 2.23. The number of aromatic nitrogens is 1. The maximum absolute atomic E-state index is 5.85. The maximum Gasteiger partial charge on any atom is 0.0386 e. The van der Waals surface area contributed by atoms with Crippen LogP contribution in [0.2, 0.25) is 0 Å². The highest BCUT2D eigenvalue weighted by atomic mass is 15.1. The molecule has 0 aromatic carbocycles. The quantitative estimate of drug-likeness (QED) is 0.794. The lowest BCUT2D eigenvalue weighted by Crippen LogP contribution is -2.39. The molecule has 0 unspecified atom stereocenters. The van der Waals surface area contributed by atoms with Crippen molar-refractivity contribution in [1.82, 2.24) is 9.88 Å². The summed E-state index contributed by atoms with van der Waals surface area (Å²) < 4.78 is 0. The highest BCUT2D eigenvalue weighted by molar-refractivity contribution is 5.17. The fourth-order valence-corrected chi connectivity index (χ4v) is 2.59. The van der Waals surface area contributed by atoms with Gasteiger partial charge in [-0.2, -0.15) is 0 Å². The number of rotatable bonds is 2. The minimum absolute atomic E-state index is 0.478. The van der Waals surface area contributed by atoms with E-state index in [2.05, 4.69) is 29.1 Å². The summed E-state index contributed by atoms with van der Waals surface area (Å²) in [6.07, 6.45) is 6.24. The third kappa shape index (κ3) is 2.19. The van der Waals surface area contributed by atoms with Crippen LogP contribution in [0.1, 0.15) is 24.4 Å². The standard InChI is InChI=1S/C12H19N3/c1-15-8-2-3-11(9-13)12(15)10-4-6-14-7-5-10/h4-7,11-12H,2-3,8-9,13H2,1H3/t11-,12-/m1/s1. The van der Waals surface area contributed by atoms with Crippen molar-refractivity contribution in [2.24, 2.45) is 11.7 Å². The first-order chi connectivity index (χ1) is 7.33. The number of nitrogens with two attached hydrogens (primary N) is 1. The Labute approximate surface area is 91.3 Å². The number of piperidine rings is 1. The van der Waals surface area contributed by atoms with Crippen LogP contribution in [0.25, 0.3) is 0 Å². The van der Waals surface area contributed by atoms with Crippen LogP contribution in [0.15, 0.2) is 24.5 Å². The summed E-state index contributed by atoms with van der Waals surface area (Å²) in [7, 11) is 2.19. The van der Waals surface area contributed by atoms with E-state index in [9.17, 15) is 0 Å². The van der Waals surface area contributed by atoms with Crippen LogP contribution in [0.4, 0.5) is 0 Å². The molecule has 2 rings (SSSR count). The molecule has 1 saturated heterocycles. The van der Waals surface area contributed by atoms with E-state index in [4.69, 9.17) is 5.73 Å². The lowest BCUT2D eigenvalue weighted by atomic mass is 9.85. The van der Waals surface area contributed by atoms with Gasteiger partial charge in [0.2, 0.25) is 0 Å². The molecule has 2 heterocycles. The summed E-state index contributed by atoms with van der Waals surface area (Å²) >= 11 is 0. The predicted octanol–water partition coefficient (Wildman–Crippen LogP) is 1.42. The third-order valence-electron chi connectivity index (χ3n) is 3.36. The molecule has 0 spiro atoms. The zero-order valence-corrected chi connectivity index (χ0v) is 9.26. The molecule has 1 aliphatic heterocycles. The number of likely N-dealkylation sites (tertiary alicyclic amines) is 1. The molecule has 3 nitrogen and oxygen atoms in total. The maximum atomic E-state index is 5.85. The van der Waals surface area contributed by atoms with Gasteiger partial charge >= 0.3 is 0 Å². The van der Waals surface area contributed by atoms with Gasteiger partial charge in [0.25, 0.3) is 0 Å². The monoisotopic (exact) mass is 205 g/mol. The lowest BCUT2D eigenvalue weighted by Gasteiger charge is -2.39. The van der Waals surface area contributed by atoms with Gasteiger partial charge in [-0.05, 0) is 56.6 Å². The zero-order valence-electron chi connectivity index (χ0n) is 9.26. The van der Waals surface area contributed by atoms with Crippen LogP contribution in [0.3, 0.4) is 0 Å². The smallest absolute Gasteiger partial charge is 0.0386 e. The lowest BCUT2D eigenvalue weighted by molar-refractivity contribution is 0.125. The predicted molar refractivity (Wildman–Crippen MR) is 61.4 cm³/mol. The second-order valence-corrected chi connectivity index (χ2v) is 4.34. The fourth-order valence-electron chi connectivity index (χ4n) is 2.59. The van der Waals surface area contributed by atoms with E-state index >= 15 is 0 Å². The van der Waals surface area contributed by atoms with Gasteiger partial charge in [-0.15, -0.1) is 0 Å². The Morgan fingerprint density at radius 3 is 2.87 bits per heavy atom. The normalized spacial score (nSPS) is 27.9. The summed E-state index contributed by atoms with van der Waals surface area (Å²) in [5.74, 6) is 0.589. The highest BCUT2D eigenvalue weighted by Gasteiger charge is 2.29. The van der Waals surface area contributed by atoms with Gasteiger partial charge in [0, 0.05) is 18.4 Å². The van der Waals surface area contributed by atoms with Gasteiger partial charge in [-0.25, -0.2) is 0 Å². The zero-order chi connectivity index (χ0) is 10.7. The fraction of sp³-hybridized carbons (Fsp3) is 0.583. The van der Waals surface area contributed by atoms with Crippen molar-refractivity contribution >= 4 is 0 Å². The van der Waals surface area contributed by atoms with Crippen LogP contribution >= 0.6 is 0 Å². The van der Waals surface area contributed by atoms with Crippen molar-refractivity contribution in [3.8, 4) is 0 Å². The van der Waals surface area contributed by atoms with Gasteiger partial charge in [0.1, 0.15) is 0 Å². The molecule has 1 fully saturated rings. The van der Waals surface area contributed by atoms with Gasteiger partial charge in [0.05, 0.1) is 0 Å². The Bertz CT molecular complexity index is 299. The van der Waals surface area contributed by atoms with Gasteiger partial charge < -0.3 is 5.73 Å². The van der Waals surface area contributed by atoms with Gasteiger partial charge in [-0.3, -0.25) is 9.88 Å². The molecule has 3 heteroatoms. The Morgan fingerprint density at radius 1 is 1.47 bits per heavy atom. The second-order valence-electron chi connectivity index (χ2n) is 4.34. The molecule has 15 heavy (non-hydrogen) atoms. The summed E-state index contributed by atoms with van der Waals surface area (Å²) in [6, 6.07) is 4.69. The minimum atomic E-state index is 0.478. The molecule has 1 aromatic heterocycles. The summed E-state index contributed by atoms with van der Waals surface area (Å²) in [5.41, 5.74) is 7.20. The molecule has 0 radical (unpaired) electrons. The van der Waals surface area contributed by atoms with E-state index in [1.165, 1.54) is 24.9 Å². The molecule has 0 saturated carbocycles. The van der Waals surface area contributed by atoms with E-state index in [1.54, 1.807) is 0 Å². The minimum Gasteiger partial charge on any atom is -0.330 e. The molecule has 0 aliphatic carbocycles. The van der Waals surface area contributed by atoms with Crippen LogP contribution in [0, 0.1) is 5.92 Å². The van der Waals surface area contributed by atoms with Crippen molar-refractivity contribution in [3.63, 3.8) is 0 Å². The number of pyridine rings is 1.